The Morgan fingerprint density at radius 2 is 1.76 bits per heavy atom. The van der Waals surface area contributed by atoms with Gasteiger partial charge in [-0.3, -0.25) is 4.79 Å². The van der Waals surface area contributed by atoms with Crippen LogP contribution >= 0.6 is 0 Å². The van der Waals surface area contributed by atoms with E-state index in [-0.39, 0.29) is 11.6 Å². The molecule has 0 bridgehead atoms. The van der Waals surface area contributed by atoms with Gasteiger partial charge in [-0.2, -0.15) is 5.26 Å². The molecule has 0 radical (unpaired) electrons. The smallest absolute Gasteiger partial charge is 0.293 e. The SMILES string of the molecule is N#Cc1ccc(-c2cn(Cc3ccccc3)c(=O)c(N3CCC(N)CC3)n2)cc1. The quantitative estimate of drug-likeness (QED) is 0.746. The van der Waals surface area contributed by atoms with Gasteiger partial charge in [-0.1, -0.05) is 42.5 Å². The van der Waals surface area contributed by atoms with E-state index in [0.717, 1.165) is 42.8 Å². The first-order chi connectivity index (χ1) is 14.1. The van der Waals surface area contributed by atoms with Gasteiger partial charge in [0.15, 0.2) is 5.82 Å². The van der Waals surface area contributed by atoms with Crippen molar-refractivity contribution in [3.63, 3.8) is 0 Å². The molecule has 1 aliphatic rings. The molecule has 1 saturated heterocycles. The van der Waals surface area contributed by atoms with Crippen LogP contribution in [0.2, 0.25) is 0 Å². The lowest BCUT2D eigenvalue weighted by atomic mass is 10.1. The molecule has 29 heavy (non-hydrogen) atoms. The lowest BCUT2D eigenvalue weighted by Crippen LogP contribution is -2.43. The second-order valence-corrected chi connectivity index (χ2v) is 7.38. The van der Waals surface area contributed by atoms with Crippen molar-refractivity contribution in [1.82, 2.24) is 9.55 Å². The van der Waals surface area contributed by atoms with E-state index in [0.29, 0.717) is 17.9 Å². The number of piperidine rings is 1. The second kappa shape index (κ2) is 8.29. The molecule has 146 valence electrons. The normalized spacial score (nSPS) is 14.6. The molecule has 1 aromatic heterocycles. The van der Waals surface area contributed by atoms with Crippen LogP contribution in [0.15, 0.2) is 65.6 Å². The average Bonchev–Trinajstić information content (AvgIpc) is 2.77. The third kappa shape index (κ3) is 4.20. The van der Waals surface area contributed by atoms with Gasteiger partial charge in [0, 0.05) is 30.9 Å². The Labute approximate surface area is 169 Å². The zero-order valence-electron chi connectivity index (χ0n) is 16.2. The third-order valence-corrected chi connectivity index (χ3v) is 5.30. The van der Waals surface area contributed by atoms with Crippen molar-refractivity contribution in [2.75, 3.05) is 18.0 Å². The minimum Gasteiger partial charge on any atom is -0.352 e. The minimum absolute atomic E-state index is 0.0956. The zero-order valence-corrected chi connectivity index (χ0v) is 16.2. The Balaban J connectivity index is 1.77. The summed E-state index contributed by atoms with van der Waals surface area (Å²) >= 11 is 0. The lowest BCUT2D eigenvalue weighted by molar-refractivity contribution is 0.496. The number of rotatable bonds is 4. The molecular formula is C23H23N5O. The zero-order chi connectivity index (χ0) is 20.2. The summed E-state index contributed by atoms with van der Waals surface area (Å²) < 4.78 is 1.72. The number of hydrogen-bond donors (Lipinski definition) is 1. The maximum Gasteiger partial charge on any atom is 0.293 e. The van der Waals surface area contributed by atoms with Gasteiger partial charge in [-0.15, -0.1) is 0 Å². The van der Waals surface area contributed by atoms with Crippen LogP contribution in [0.4, 0.5) is 5.82 Å². The number of aromatic nitrogens is 2. The van der Waals surface area contributed by atoms with E-state index < -0.39 is 0 Å². The van der Waals surface area contributed by atoms with E-state index in [2.05, 4.69) is 6.07 Å². The maximum absolute atomic E-state index is 13.2. The average molecular weight is 385 g/mol. The predicted octanol–water partition coefficient (Wildman–Crippen LogP) is 2.76. The summed E-state index contributed by atoms with van der Waals surface area (Å²) in [6.07, 6.45) is 3.50. The first kappa shape index (κ1) is 18.9. The van der Waals surface area contributed by atoms with Crippen LogP contribution in [0.1, 0.15) is 24.0 Å². The van der Waals surface area contributed by atoms with E-state index in [1.807, 2.05) is 47.4 Å². The van der Waals surface area contributed by atoms with Crippen LogP contribution in [0, 0.1) is 11.3 Å². The van der Waals surface area contributed by atoms with Gasteiger partial charge >= 0.3 is 0 Å². The maximum atomic E-state index is 13.2. The Morgan fingerprint density at radius 3 is 2.41 bits per heavy atom. The minimum atomic E-state index is -0.0956. The van der Waals surface area contributed by atoms with E-state index in [4.69, 9.17) is 16.0 Å². The highest BCUT2D eigenvalue weighted by Crippen LogP contribution is 2.21. The second-order valence-electron chi connectivity index (χ2n) is 7.38. The standard InChI is InChI=1S/C23H23N5O/c24-14-17-6-8-19(9-7-17)21-16-28(15-18-4-2-1-3-5-18)23(29)22(26-21)27-12-10-20(25)11-13-27/h1-9,16,20H,10-13,15,25H2. The van der Waals surface area contributed by atoms with E-state index in [9.17, 15) is 4.79 Å². The van der Waals surface area contributed by atoms with Crippen molar-refractivity contribution >= 4 is 5.82 Å². The Morgan fingerprint density at radius 1 is 1.07 bits per heavy atom. The largest absolute Gasteiger partial charge is 0.352 e. The van der Waals surface area contributed by atoms with Crippen LogP contribution in [0.5, 0.6) is 0 Å². The first-order valence-corrected chi connectivity index (χ1v) is 9.80. The molecule has 1 aliphatic heterocycles. The summed E-state index contributed by atoms with van der Waals surface area (Å²) in [5, 5.41) is 9.05. The van der Waals surface area contributed by atoms with E-state index >= 15 is 0 Å². The van der Waals surface area contributed by atoms with Crippen LogP contribution in [0.3, 0.4) is 0 Å². The summed E-state index contributed by atoms with van der Waals surface area (Å²) in [6, 6.07) is 19.5. The highest BCUT2D eigenvalue weighted by atomic mass is 16.1. The van der Waals surface area contributed by atoms with E-state index in [1.165, 1.54) is 0 Å². The molecule has 4 rings (SSSR count). The van der Waals surface area contributed by atoms with Crippen molar-refractivity contribution in [3.05, 3.63) is 82.3 Å². The van der Waals surface area contributed by atoms with Crippen LogP contribution in [-0.4, -0.2) is 28.7 Å². The number of anilines is 1. The van der Waals surface area contributed by atoms with Gasteiger partial charge in [-0.25, -0.2) is 4.98 Å². The van der Waals surface area contributed by atoms with Crippen molar-refractivity contribution in [2.24, 2.45) is 5.73 Å². The van der Waals surface area contributed by atoms with Gasteiger partial charge in [0.05, 0.1) is 23.9 Å². The molecule has 0 saturated carbocycles. The van der Waals surface area contributed by atoms with Crippen LogP contribution < -0.4 is 16.2 Å². The monoisotopic (exact) mass is 385 g/mol. The number of nitrogens with zero attached hydrogens (tertiary/aromatic N) is 4. The molecule has 0 atom stereocenters. The lowest BCUT2D eigenvalue weighted by Gasteiger charge is -2.31. The van der Waals surface area contributed by atoms with Gasteiger partial charge in [-0.05, 0) is 30.5 Å². The summed E-state index contributed by atoms with van der Waals surface area (Å²) in [6.45, 7) is 1.93. The summed E-state index contributed by atoms with van der Waals surface area (Å²) in [7, 11) is 0. The highest BCUT2D eigenvalue weighted by molar-refractivity contribution is 5.61. The fourth-order valence-corrected chi connectivity index (χ4v) is 3.59. The number of benzene rings is 2. The van der Waals surface area contributed by atoms with Gasteiger partial charge in [0.25, 0.3) is 5.56 Å². The van der Waals surface area contributed by atoms with Crippen LogP contribution in [-0.2, 0) is 6.54 Å². The van der Waals surface area contributed by atoms with Crippen molar-refractivity contribution in [3.8, 4) is 17.3 Å². The third-order valence-electron chi connectivity index (χ3n) is 5.30. The summed E-state index contributed by atoms with van der Waals surface area (Å²) in [5.74, 6) is 0.467. The van der Waals surface area contributed by atoms with Gasteiger partial charge in [0.2, 0.25) is 0 Å². The Bertz CT molecular complexity index is 1070. The molecule has 0 spiro atoms. The molecule has 2 N–H and O–H groups in total. The molecule has 0 amide bonds. The molecule has 6 nitrogen and oxygen atoms in total. The summed E-state index contributed by atoms with van der Waals surface area (Å²) in [5.41, 5.74) is 9.18. The van der Waals surface area contributed by atoms with Gasteiger partial charge in [0.1, 0.15) is 0 Å². The fourth-order valence-electron chi connectivity index (χ4n) is 3.59. The van der Waals surface area contributed by atoms with Crippen molar-refractivity contribution in [1.29, 1.82) is 5.26 Å². The topological polar surface area (TPSA) is 87.9 Å². The molecule has 2 aromatic carbocycles. The van der Waals surface area contributed by atoms with Crippen LogP contribution in [0.25, 0.3) is 11.3 Å². The summed E-state index contributed by atoms with van der Waals surface area (Å²) in [4.78, 5) is 20.0. The molecule has 2 heterocycles. The Hall–Kier alpha value is -3.43. The molecular weight excluding hydrogens is 362 g/mol. The van der Waals surface area contributed by atoms with Crippen molar-refractivity contribution in [2.45, 2.75) is 25.4 Å². The number of nitriles is 1. The van der Waals surface area contributed by atoms with Gasteiger partial charge < -0.3 is 15.2 Å². The molecule has 0 aliphatic carbocycles. The molecule has 1 fully saturated rings. The van der Waals surface area contributed by atoms with Crippen molar-refractivity contribution < 1.29 is 0 Å². The fraction of sp³-hybridized carbons (Fsp3) is 0.261. The molecule has 0 unspecified atom stereocenters. The molecule has 6 heteroatoms. The first-order valence-electron chi connectivity index (χ1n) is 9.80. The number of hydrogen-bond acceptors (Lipinski definition) is 5. The highest BCUT2D eigenvalue weighted by Gasteiger charge is 2.21. The number of nitrogens with two attached hydrogens (primary N) is 1. The van der Waals surface area contributed by atoms with E-state index in [1.54, 1.807) is 22.9 Å². The Kier molecular flexibility index (Phi) is 5.41. The molecule has 3 aromatic rings. The predicted molar refractivity (Wildman–Crippen MR) is 114 cm³/mol.